The Balaban J connectivity index is 3.11. The lowest BCUT2D eigenvalue weighted by Gasteiger charge is -2.08. The molecule has 0 aliphatic carbocycles. The summed E-state index contributed by atoms with van der Waals surface area (Å²) in [4.78, 5) is 20.3. The van der Waals surface area contributed by atoms with Crippen LogP contribution in [0.5, 0.6) is 0 Å². The van der Waals surface area contributed by atoms with E-state index in [2.05, 4.69) is 0 Å². The third-order valence-corrected chi connectivity index (χ3v) is 3.07. The number of hydrogen-bond donors (Lipinski definition) is 0. The summed E-state index contributed by atoms with van der Waals surface area (Å²) in [6.45, 7) is 0. The fourth-order valence-electron chi connectivity index (χ4n) is 1.30. The number of nitro benzene ring substituents is 1. The quantitative estimate of drug-likeness (QED) is 0.361. The van der Waals surface area contributed by atoms with Crippen molar-refractivity contribution in [2.75, 3.05) is 5.88 Å². The molecule has 0 N–H and O–H groups in total. The van der Waals surface area contributed by atoms with Gasteiger partial charge in [0, 0.05) is 12.5 Å². The summed E-state index contributed by atoms with van der Waals surface area (Å²) in [6, 6.07) is 3.18. The van der Waals surface area contributed by atoms with Crippen molar-refractivity contribution in [3.05, 3.63) is 33.9 Å². The SMILES string of the molecule is O=C(CCl)Cc1ccc([N+](=O)[O-])c(SC(F)(F)F)c1. The van der Waals surface area contributed by atoms with E-state index in [0.29, 0.717) is 0 Å². The molecule has 0 unspecified atom stereocenters. The average Bonchev–Trinajstić information content (AvgIpc) is 2.26. The van der Waals surface area contributed by atoms with Gasteiger partial charge in [-0.1, -0.05) is 6.07 Å². The molecule has 1 aromatic carbocycles. The van der Waals surface area contributed by atoms with Crippen LogP contribution in [0.2, 0.25) is 0 Å². The predicted molar refractivity (Wildman–Crippen MR) is 64.4 cm³/mol. The highest BCUT2D eigenvalue weighted by atomic mass is 35.5. The Kier molecular flexibility index (Phi) is 5.19. The minimum atomic E-state index is -4.64. The summed E-state index contributed by atoms with van der Waals surface area (Å²) < 4.78 is 36.9. The highest BCUT2D eigenvalue weighted by Crippen LogP contribution is 2.41. The first-order valence-corrected chi connectivity index (χ1v) is 6.19. The minimum absolute atomic E-state index is 0.160. The number of nitrogens with zero attached hydrogens (tertiary/aromatic N) is 1. The molecule has 0 amide bonds. The Morgan fingerprint density at radius 2 is 2.05 bits per heavy atom. The van der Waals surface area contributed by atoms with Crippen molar-refractivity contribution in [3.63, 3.8) is 0 Å². The second-order valence-corrected chi connectivity index (χ2v) is 4.83. The lowest BCUT2D eigenvalue weighted by molar-refractivity contribution is -0.387. The molecule has 19 heavy (non-hydrogen) atoms. The van der Waals surface area contributed by atoms with Crippen LogP contribution in [0.4, 0.5) is 18.9 Å². The van der Waals surface area contributed by atoms with Crippen molar-refractivity contribution in [1.82, 2.24) is 0 Å². The van der Waals surface area contributed by atoms with Crippen LogP contribution in [0.1, 0.15) is 5.56 Å². The van der Waals surface area contributed by atoms with E-state index < -0.39 is 32.8 Å². The van der Waals surface area contributed by atoms with E-state index in [0.717, 1.165) is 12.1 Å². The summed E-state index contributed by atoms with van der Waals surface area (Å²) in [6.07, 6.45) is -0.160. The molecule has 0 spiro atoms. The number of hydrogen-bond acceptors (Lipinski definition) is 4. The molecule has 1 aromatic rings. The molecule has 0 heterocycles. The molecule has 104 valence electrons. The monoisotopic (exact) mass is 313 g/mol. The molecule has 0 aromatic heterocycles. The normalized spacial score (nSPS) is 11.4. The second-order valence-electron chi connectivity index (χ2n) is 3.46. The zero-order valence-corrected chi connectivity index (χ0v) is 10.8. The van der Waals surface area contributed by atoms with Crippen LogP contribution in [0.15, 0.2) is 23.1 Å². The summed E-state index contributed by atoms with van der Waals surface area (Å²) in [5.41, 5.74) is -5.03. The van der Waals surface area contributed by atoms with Crippen LogP contribution in [0, 0.1) is 10.1 Å². The molecule has 1 rings (SSSR count). The number of carbonyl (C=O) groups excluding carboxylic acids is 1. The number of benzene rings is 1. The van der Waals surface area contributed by atoms with Crippen molar-refractivity contribution in [2.45, 2.75) is 16.8 Å². The van der Waals surface area contributed by atoms with Crippen LogP contribution in [-0.2, 0) is 11.2 Å². The van der Waals surface area contributed by atoms with Gasteiger partial charge in [-0.2, -0.15) is 13.2 Å². The summed E-state index contributed by atoms with van der Waals surface area (Å²) in [5, 5.41) is 10.6. The smallest absolute Gasteiger partial charge is 0.298 e. The molecule has 0 bridgehead atoms. The number of thioether (sulfide) groups is 1. The van der Waals surface area contributed by atoms with E-state index in [9.17, 15) is 28.1 Å². The van der Waals surface area contributed by atoms with Gasteiger partial charge in [0.1, 0.15) is 0 Å². The van der Waals surface area contributed by atoms with Crippen molar-refractivity contribution in [3.8, 4) is 0 Å². The first-order chi connectivity index (χ1) is 8.73. The number of halogens is 4. The van der Waals surface area contributed by atoms with Gasteiger partial charge in [0.15, 0.2) is 5.78 Å². The van der Waals surface area contributed by atoms with Crippen molar-refractivity contribution in [2.24, 2.45) is 0 Å². The Bertz CT molecular complexity index is 507. The van der Waals surface area contributed by atoms with Gasteiger partial charge in [0.2, 0.25) is 0 Å². The first kappa shape index (κ1) is 15.8. The topological polar surface area (TPSA) is 60.2 Å². The number of alkyl halides is 4. The van der Waals surface area contributed by atoms with E-state index in [1.807, 2.05) is 0 Å². The third-order valence-electron chi connectivity index (χ3n) is 2.00. The van der Waals surface area contributed by atoms with Gasteiger partial charge in [0.25, 0.3) is 5.69 Å². The largest absolute Gasteiger partial charge is 0.446 e. The maximum absolute atomic E-state index is 12.3. The maximum atomic E-state index is 12.3. The molecular formula is C10H7ClF3NO3S. The Morgan fingerprint density at radius 1 is 1.42 bits per heavy atom. The zero-order chi connectivity index (χ0) is 14.6. The van der Waals surface area contributed by atoms with Gasteiger partial charge in [-0.05, 0) is 23.4 Å². The number of ketones is 1. The van der Waals surface area contributed by atoms with E-state index in [4.69, 9.17) is 11.6 Å². The Hall–Kier alpha value is -1.28. The maximum Gasteiger partial charge on any atom is 0.446 e. The second kappa shape index (κ2) is 6.25. The molecule has 4 nitrogen and oxygen atoms in total. The lowest BCUT2D eigenvalue weighted by atomic mass is 10.1. The highest BCUT2D eigenvalue weighted by molar-refractivity contribution is 8.00. The highest BCUT2D eigenvalue weighted by Gasteiger charge is 2.33. The summed E-state index contributed by atoms with van der Waals surface area (Å²) in [7, 11) is 0. The van der Waals surface area contributed by atoms with Crippen molar-refractivity contribution < 1.29 is 22.9 Å². The average molecular weight is 314 g/mol. The zero-order valence-electron chi connectivity index (χ0n) is 9.24. The number of carbonyl (C=O) groups is 1. The van der Waals surface area contributed by atoms with E-state index in [1.54, 1.807) is 0 Å². The Morgan fingerprint density at radius 3 is 2.53 bits per heavy atom. The molecule has 0 fully saturated rings. The third kappa shape index (κ3) is 5.07. The number of nitro groups is 1. The van der Waals surface area contributed by atoms with Gasteiger partial charge < -0.3 is 0 Å². The first-order valence-electron chi connectivity index (χ1n) is 4.83. The Labute approximate surface area is 115 Å². The molecule has 0 aliphatic heterocycles. The van der Waals surface area contributed by atoms with Gasteiger partial charge in [-0.15, -0.1) is 11.6 Å². The number of Topliss-reactive ketones (excluding diaryl/α,β-unsaturated/α-hetero) is 1. The van der Waals surface area contributed by atoms with Crippen molar-refractivity contribution >= 4 is 34.8 Å². The molecule has 0 saturated heterocycles. The molecule has 0 radical (unpaired) electrons. The molecule has 0 aliphatic rings. The van der Waals surface area contributed by atoms with Gasteiger partial charge in [0.05, 0.1) is 15.7 Å². The van der Waals surface area contributed by atoms with Crippen molar-refractivity contribution in [1.29, 1.82) is 0 Å². The molecular weight excluding hydrogens is 307 g/mol. The minimum Gasteiger partial charge on any atom is -0.298 e. The molecule has 0 saturated carbocycles. The fraction of sp³-hybridized carbons (Fsp3) is 0.300. The predicted octanol–water partition coefficient (Wildman–Crippen LogP) is 3.56. The van der Waals surface area contributed by atoms with Gasteiger partial charge in [-0.25, -0.2) is 0 Å². The number of rotatable bonds is 5. The van der Waals surface area contributed by atoms with E-state index in [1.165, 1.54) is 6.07 Å². The molecule has 9 heteroatoms. The van der Waals surface area contributed by atoms with E-state index >= 15 is 0 Å². The van der Waals surface area contributed by atoms with Crippen LogP contribution in [-0.4, -0.2) is 22.1 Å². The fourth-order valence-corrected chi connectivity index (χ4v) is 2.10. The summed E-state index contributed by atoms with van der Waals surface area (Å²) in [5.74, 6) is -0.642. The van der Waals surface area contributed by atoms with Crippen LogP contribution in [0.25, 0.3) is 0 Å². The molecule has 0 atom stereocenters. The van der Waals surface area contributed by atoms with Gasteiger partial charge in [-0.3, -0.25) is 14.9 Å². The van der Waals surface area contributed by atoms with E-state index in [-0.39, 0.29) is 23.6 Å². The standard InChI is InChI=1S/C10H7ClF3NO3S/c11-5-7(16)3-6-1-2-8(15(17)18)9(4-6)19-10(12,13)14/h1-2,4H,3,5H2. The van der Waals surface area contributed by atoms with Crippen LogP contribution >= 0.6 is 23.4 Å². The lowest BCUT2D eigenvalue weighted by Crippen LogP contribution is -2.05. The van der Waals surface area contributed by atoms with Gasteiger partial charge >= 0.3 is 5.51 Å². The summed E-state index contributed by atoms with van der Waals surface area (Å²) >= 11 is 4.71. The van der Waals surface area contributed by atoms with Crippen LogP contribution in [0.3, 0.4) is 0 Å². The van der Waals surface area contributed by atoms with Crippen LogP contribution < -0.4 is 0 Å².